The highest BCUT2D eigenvalue weighted by Gasteiger charge is 2.20. The van der Waals surface area contributed by atoms with E-state index in [0.29, 0.717) is 17.8 Å². The summed E-state index contributed by atoms with van der Waals surface area (Å²) in [5.74, 6) is -0.317. The van der Waals surface area contributed by atoms with Gasteiger partial charge in [0.1, 0.15) is 11.9 Å². The number of carbonyl (C=O) groups excluding carboxylic acids is 2. The monoisotopic (exact) mass is 372 g/mol. The van der Waals surface area contributed by atoms with E-state index >= 15 is 0 Å². The number of hydrogen-bond acceptors (Lipinski definition) is 2. The molecule has 2 aromatic carbocycles. The molecule has 5 nitrogen and oxygen atoms in total. The first-order valence-electron chi connectivity index (χ1n) is 9.17. The molecule has 0 aliphatic carbocycles. The minimum Gasteiger partial charge on any atom is -0.352 e. The third-order valence-corrected chi connectivity index (χ3v) is 4.28. The molecular weight excluding hydrogens is 345 g/mol. The van der Waals surface area contributed by atoms with Gasteiger partial charge < -0.3 is 16.0 Å². The molecule has 0 radical (unpaired) electrons. The Morgan fingerprint density at radius 2 is 1.81 bits per heavy atom. The summed E-state index contributed by atoms with van der Waals surface area (Å²) < 4.78 is 13.1. The van der Waals surface area contributed by atoms with E-state index in [1.165, 1.54) is 12.1 Å². The summed E-state index contributed by atoms with van der Waals surface area (Å²) in [4.78, 5) is 24.2. The van der Waals surface area contributed by atoms with Crippen LogP contribution in [-0.4, -0.2) is 24.9 Å². The number of amides is 2. The van der Waals surface area contributed by atoms with E-state index in [-0.39, 0.29) is 36.1 Å². The SMILES string of the molecule is CCNC(=O)c1cccc(NC(=O)C[NH2+][C@H](c2ccc(F)cc2)C(C)C)c1. The molecule has 6 heteroatoms. The predicted octanol–water partition coefficient (Wildman–Crippen LogP) is 2.47. The molecule has 2 aromatic rings. The maximum Gasteiger partial charge on any atom is 0.279 e. The summed E-state index contributed by atoms with van der Waals surface area (Å²) in [7, 11) is 0. The molecule has 0 heterocycles. The quantitative estimate of drug-likeness (QED) is 0.666. The summed E-state index contributed by atoms with van der Waals surface area (Å²) in [6.45, 7) is 6.76. The lowest BCUT2D eigenvalue weighted by molar-refractivity contribution is -0.692. The van der Waals surface area contributed by atoms with Crippen molar-refractivity contribution in [3.05, 3.63) is 65.5 Å². The van der Waals surface area contributed by atoms with Crippen molar-refractivity contribution < 1.29 is 19.3 Å². The largest absolute Gasteiger partial charge is 0.352 e. The maximum atomic E-state index is 13.1. The van der Waals surface area contributed by atoms with Crippen LogP contribution in [0.4, 0.5) is 10.1 Å². The van der Waals surface area contributed by atoms with E-state index in [9.17, 15) is 14.0 Å². The van der Waals surface area contributed by atoms with E-state index < -0.39 is 0 Å². The number of nitrogens with two attached hydrogens (primary N) is 1. The molecule has 0 saturated heterocycles. The number of halogens is 1. The fourth-order valence-corrected chi connectivity index (χ4v) is 2.92. The Hall–Kier alpha value is -2.73. The third kappa shape index (κ3) is 6.18. The fourth-order valence-electron chi connectivity index (χ4n) is 2.92. The molecule has 2 rings (SSSR count). The molecule has 0 aliphatic heterocycles. The molecule has 4 N–H and O–H groups in total. The van der Waals surface area contributed by atoms with Crippen LogP contribution in [0.3, 0.4) is 0 Å². The standard InChI is InChI=1S/C21H26FN3O2/c1-4-23-21(27)16-6-5-7-18(12-16)25-19(26)13-24-20(14(2)3)15-8-10-17(22)11-9-15/h5-12,14,20,24H,4,13H2,1-3H3,(H,23,27)(H,25,26)/p+1/t20-/m0/s1. The molecule has 0 unspecified atom stereocenters. The van der Waals surface area contributed by atoms with Gasteiger partial charge in [0.2, 0.25) is 0 Å². The van der Waals surface area contributed by atoms with Crippen LogP contribution in [0, 0.1) is 11.7 Å². The van der Waals surface area contributed by atoms with Gasteiger partial charge >= 0.3 is 0 Å². The van der Waals surface area contributed by atoms with Crippen LogP contribution in [0.2, 0.25) is 0 Å². The number of carbonyl (C=O) groups is 2. The Morgan fingerprint density at radius 1 is 1.11 bits per heavy atom. The van der Waals surface area contributed by atoms with Gasteiger partial charge in [0.05, 0.1) is 0 Å². The van der Waals surface area contributed by atoms with Crippen LogP contribution in [-0.2, 0) is 4.79 Å². The number of anilines is 1. The molecular formula is C21H27FN3O2+. The van der Waals surface area contributed by atoms with Gasteiger partial charge in [0.15, 0.2) is 6.54 Å². The van der Waals surface area contributed by atoms with Crippen LogP contribution in [0.15, 0.2) is 48.5 Å². The smallest absolute Gasteiger partial charge is 0.279 e. The van der Waals surface area contributed by atoms with Gasteiger partial charge in [-0.2, -0.15) is 0 Å². The van der Waals surface area contributed by atoms with Crippen LogP contribution in [0.25, 0.3) is 0 Å². The number of benzene rings is 2. The van der Waals surface area contributed by atoms with Gasteiger partial charge in [-0.05, 0) is 37.3 Å². The summed E-state index contributed by atoms with van der Waals surface area (Å²) in [5, 5.41) is 7.50. The third-order valence-electron chi connectivity index (χ3n) is 4.28. The summed E-state index contributed by atoms with van der Waals surface area (Å²) in [6, 6.07) is 13.3. The number of quaternary nitrogens is 1. The lowest BCUT2D eigenvalue weighted by Crippen LogP contribution is -2.88. The molecule has 0 spiro atoms. The second-order valence-electron chi connectivity index (χ2n) is 6.75. The molecule has 0 saturated carbocycles. The van der Waals surface area contributed by atoms with Crippen LogP contribution < -0.4 is 16.0 Å². The van der Waals surface area contributed by atoms with E-state index in [1.54, 1.807) is 36.4 Å². The first kappa shape index (κ1) is 20.6. The topological polar surface area (TPSA) is 74.8 Å². The molecule has 0 fully saturated rings. The molecule has 0 aliphatic rings. The average Bonchev–Trinajstić information content (AvgIpc) is 2.63. The van der Waals surface area contributed by atoms with Crippen LogP contribution in [0.1, 0.15) is 42.7 Å². The summed E-state index contributed by atoms with van der Waals surface area (Å²) >= 11 is 0. The van der Waals surface area contributed by atoms with Crippen molar-refractivity contribution in [1.82, 2.24) is 5.32 Å². The minimum absolute atomic E-state index is 0.0537. The first-order valence-corrected chi connectivity index (χ1v) is 9.17. The maximum absolute atomic E-state index is 13.1. The highest BCUT2D eigenvalue weighted by Crippen LogP contribution is 2.18. The van der Waals surface area contributed by atoms with E-state index in [1.807, 2.05) is 12.2 Å². The fraction of sp³-hybridized carbons (Fsp3) is 0.333. The van der Waals surface area contributed by atoms with E-state index in [0.717, 1.165) is 5.56 Å². The Balaban J connectivity index is 1.97. The highest BCUT2D eigenvalue weighted by atomic mass is 19.1. The van der Waals surface area contributed by atoms with Gasteiger partial charge in [-0.15, -0.1) is 0 Å². The lowest BCUT2D eigenvalue weighted by Gasteiger charge is -2.19. The number of nitrogens with one attached hydrogen (secondary N) is 2. The van der Waals surface area contributed by atoms with Crippen molar-refractivity contribution in [3.8, 4) is 0 Å². The second kappa shape index (κ2) is 9.83. The number of rotatable bonds is 8. The first-order chi connectivity index (χ1) is 12.9. The van der Waals surface area contributed by atoms with Crippen molar-refractivity contribution in [3.63, 3.8) is 0 Å². The van der Waals surface area contributed by atoms with Crippen molar-refractivity contribution in [2.75, 3.05) is 18.4 Å². The van der Waals surface area contributed by atoms with Gasteiger partial charge in [-0.1, -0.05) is 32.0 Å². The van der Waals surface area contributed by atoms with Gasteiger partial charge in [-0.25, -0.2) is 4.39 Å². The molecule has 144 valence electrons. The molecule has 2 amide bonds. The summed E-state index contributed by atoms with van der Waals surface area (Å²) in [6.07, 6.45) is 0. The highest BCUT2D eigenvalue weighted by molar-refractivity contribution is 5.97. The minimum atomic E-state index is -0.272. The Bertz CT molecular complexity index is 775. The van der Waals surface area contributed by atoms with E-state index in [4.69, 9.17) is 0 Å². The van der Waals surface area contributed by atoms with Gasteiger partial charge in [-0.3, -0.25) is 9.59 Å². The van der Waals surface area contributed by atoms with Gasteiger partial charge in [0, 0.05) is 29.3 Å². The molecule has 1 atom stereocenters. The van der Waals surface area contributed by atoms with Crippen molar-refractivity contribution in [2.45, 2.75) is 26.8 Å². The zero-order valence-corrected chi connectivity index (χ0v) is 16.0. The van der Waals surface area contributed by atoms with Crippen molar-refractivity contribution in [2.24, 2.45) is 5.92 Å². The van der Waals surface area contributed by atoms with E-state index in [2.05, 4.69) is 24.5 Å². The molecule has 0 bridgehead atoms. The predicted molar refractivity (Wildman–Crippen MR) is 104 cm³/mol. The van der Waals surface area contributed by atoms with Crippen LogP contribution >= 0.6 is 0 Å². The average molecular weight is 372 g/mol. The van der Waals surface area contributed by atoms with Gasteiger partial charge in [0.25, 0.3) is 11.8 Å². The second-order valence-corrected chi connectivity index (χ2v) is 6.75. The van der Waals surface area contributed by atoms with Crippen molar-refractivity contribution in [1.29, 1.82) is 0 Å². The zero-order valence-electron chi connectivity index (χ0n) is 16.0. The zero-order chi connectivity index (χ0) is 19.8. The van der Waals surface area contributed by atoms with Crippen molar-refractivity contribution >= 4 is 17.5 Å². The molecule has 0 aromatic heterocycles. The summed E-state index contributed by atoms with van der Waals surface area (Å²) in [5.41, 5.74) is 2.07. The lowest BCUT2D eigenvalue weighted by atomic mass is 9.96. The van der Waals surface area contributed by atoms with Crippen LogP contribution in [0.5, 0.6) is 0 Å². The Labute approximate surface area is 159 Å². The molecule has 27 heavy (non-hydrogen) atoms. The Kier molecular flexibility index (Phi) is 7.49. The Morgan fingerprint density at radius 3 is 2.44 bits per heavy atom. The number of hydrogen-bond donors (Lipinski definition) is 3. The normalized spacial score (nSPS) is 11.9.